The van der Waals surface area contributed by atoms with Crippen LogP contribution in [-0.4, -0.2) is 50.0 Å². The van der Waals surface area contributed by atoms with Gasteiger partial charge in [-0.2, -0.15) is 13.2 Å². The predicted octanol–water partition coefficient (Wildman–Crippen LogP) is 5.30. The molecule has 0 unspecified atom stereocenters. The predicted molar refractivity (Wildman–Crippen MR) is 145 cm³/mol. The first-order valence-electron chi connectivity index (χ1n) is 12.7. The lowest BCUT2D eigenvalue weighted by Crippen LogP contribution is -2.53. The second-order valence-electron chi connectivity index (χ2n) is 9.80. The number of sulfonamides is 1. The molecule has 1 aliphatic carbocycles. The molecular weight excluding hydrogens is 555 g/mol. The van der Waals surface area contributed by atoms with Crippen LogP contribution in [0.1, 0.15) is 55.7 Å². The number of hydrogen-bond acceptors (Lipinski definition) is 4. The maximum atomic E-state index is 13.8. The molecule has 1 atom stereocenters. The van der Waals surface area contributed by atoms with Crippen LogP contribution >= 0.6 is 11.6 Å². The van der Waals surface area contributed by atoms with E-state index in [1.165, 1.54) is 4.90 Å². The van der Waals surface area contributed by atoms with Gasteiger partial charge in [0.1, 0.15) is 12.6 Å². The van der Waals surface area contributed by atoms with E-state index in [2.05, 4.69) is 5.32 Å². The number of nitrogens with one attached hydrogen (secondary N) is 1. The van der Waals surface area contributed by atoms with Crippen molar-refractivity contribution in [3.8, 4) is 0 Å². The summed E-state index contributed by atoms with van der Waals surface area (Å²) in [5.41, 5.74) is 0.0343. The van der Waals surface area contributed by atoms with E-state index >= 15 is 0 Å². The highest BCUT2D eigenvalue weighted by Crippen LogP contribution is 2.36. The summed E-state index contributed by atoms with van der Waals surface area (Å²) in [7, 11) is -4.25. The van der Waals surface area contributed by atoms with Crippen LogP contribution in [0.4, 0.5) is 18.9 Å². The van der Waals surface area contributed by atoms with Crippen molar-refractivity contribution in [1.82, 2.24) is 10.2 Å². The average Bonchev–Trinajstić information content (AvgIpc) is 3.35. The topological polar surface area (TPSA) is 86.8 Å². The van der Waals surface area contributed by atoms with Crippen LogP contribution in [-0.2, 0) is 32.3 Å². The third-order valence-corrected chi connectivity index (χ3v) is 8.36. The molecule has 2 aromatic rings. The van der Waals surface area contributed by atoms with Gasteiger partial charge in [0.05, 0.1) is 22.5 Å². The molecule has 214 valence electrons. The van der Waals surface area contributed by atoms with Gasteiger partial charge < -0.3 is 10.2 Å². The van der Waals surface area contributed by atoms with E-state index in [1.54, 1.807) is 19.1 Å². The van der Waals surface area contributed by atoms with Gasteiger partial charge in [0.15, 0.2) is 0 Å². The number of nitrogens with zero attached hydrogens (tertiary/aromatic N) is 2. The van der Waals surface area contributed by atoms with E-state index < -0.39 is 45.9 Å². The summed E-state index contributed by atoms with van der Waals surface area (Å²) in [5, 5.41) is 2.74. The van der Waals surface area contributed by atoms with Gasteiger partial charge in [-0.15, -0.1) is 0 Å². The lowest BCUT2D eigenvalue weighted by Gasteiger charge is -2.34. The number of benzene rings is 2. The summed E-state index contributed by atoms with van der Waals surface area (Å²) < 4.78 is 66.3. The van der Waals surface area contributed by atoms with Gasteiger partial charge in [-0.05, 0) is 55.5 Å². The van der Waals surface area contributed by atoms with E-state index in [4.69, 9.17) is 11.6 Å². The molecule has 0 heterocycles. The molecule has 2 aromatic carbocycles. The molecule has 1 aliphatic rings. The fourth-order valence-electron chi connectivity index (χ4n) is 4.73. The zero-order valence-electron chi connectivity index (χ0n) is 22.1. The van der Waals surface area contributed by atoms with Crippen LogP contribution in [0.25, 0.3) is 0 Å². The van der Waals surface area contributed by atoms with Gasteiger partial charge in [0.25, 0.3) is 0 Å². The van der Waals surface area contributed by atoms with Gasteiger partial charge in [-0.3, -0.25) is 13.9 Å². The smallest absolute Gasteiger partial charge is 0.352 e. The Morgan fingerprint density at radius 1 is 1.13 bits per heavy atom. The highest BCUT2D eigenvalue weighted by atomic mass is 35.5. The Bertz CT molecular complexity index is 1300. The lowest BCUT2D eigenvalue weighted by molar-refractivity contribution is -0.140. The third kappa shape index (κ3) is 7.88. The Morgan fingerprint density at radius 3 is 2.33 bits per heavy atom. The van der Waals surface area contributed by atoms with Gasteiger partial charge in [0, 0.05) is 12.6 Å². The van der Waals surface area contributed by atoms with E-state index in [-0.39, 0.29) is 29.9 Å². The monoisotopic (exact) mass is 587 g/mol. The van der Waals surface area contributed by atoms with E-state index in [1.807, 2.05) is 19.1 Å². The molecule has 0 spiro atoms. The maximum Gasteiger partial charge on any atom is 0.416 e. The number of carbonyl (C=O) groups is 2. The number of carbonyl (C=O) groups excluding carboxylic acids is 2. The first-order valence-corrected chi connectivity index (χ1v) is 14.9. The van der Waals surface area contributed by atoms with Crippen molar-refractivity contribution in [2.45, 2.75) is 70.8 Å². The number of hydrogen-bond donors (Lipinski definition) is 1. The molecule has 0 bridgehead atoms. The van der Waals surface area contributed by atoms with Crippen LogP contribution in [0.2, 0.25) is 5.02 Å². The minimum absolute atomic E-state index is 0.00148. The molecule has 0 radical (unpaired) electrons. The van der Waals surface area contributed by atoms with Crippen LogP contribution in [0.5, 0.6) is 0 Å². The van der Waals surface area contributed by atoms with Crippen molar-refractivity contribution in [2.75, 3.05) is 17.1 Å². The number of anilines is 1. The van der Waals surface area contributed by atoms with Gasteiger partial charge in [-0.1, -0.05) is 55.6 Å². The van der Waals surface area contributed by atoms with Crippen molar-refractivity contribution in [1.29, 1.82) is 0 Å². The molecule has 12 heteroatoms. The Labute approximate surface area is 232 Å². The largest absolute Gasteiger partial charge is 0.416 e. The van der Waals surface area contributed by atoms with Crippen LogP contribution in [0, 0.1) is 6.92 Å². The van der Waals surface area contributed by atoms with Crippen LogP contribution < -0.4 is 9.62 Å². The summed E-state index contributed by atoms with van der Waals surface area (Å²) >= 11 is 6.13. The van der Waals surface area contributed by atoms with Crippen LogP contribution in [0.15, 0.2) is 42.5 Å². The van der Waals surface area contributed by atoms with E-state index in [0.717, 1.165) is 55.2 Å². The molecule has 1 saturated carbocycles. The Balaban J connectivity index is 2.00. The minimum atomic E-state index is -4.75. The fourth-order valence-corrected chi connectivity index (χ4v) is 5.86. The molecule has 7 nitrogen and oxygen atoms in total. The Morgan fingerprint density at radius 2 is 1.77 bits per heavy atom. The molecule has 0 aromatic heterocycles. The molecule has 0 saturated heterocycles. The fraction of sp³-hybridized carbons (Fsp3) is 0.481. The summed E-state index contributed by atoms with van der Waals surface area (Å²) in [4.78, 5) is 28.4. The average molecular weight is 588 g/mol. The second kappa shape index (κ2) is 12.6. The van der Waals surface area contributed by atoms with Crippen molar-refractivity contribution < 1.29 is 31.2 Å². The van der Waals surface area contributed by atoms with Gasteiger partial charge >= 0.3 is 6.18 Å². The summed E-state index contributed by atoms with van der Waals surface area (Å²) in [6, 6.07) is 8.63. The number of rotatable bonds is 10. The maximum absolute atomic E-state index is 13.8. The van der Waals surface area contributed by atoms with Crippen LogP contribution in [0.3, 0.4) is 0 Å². The minimum Gasteiger partial charge on any atom is -0.352 e. The first kappa shape index (κ1) is 30.7. The standard InChI is InChI=1S/C27H33ClF3N3O4S/c1-4-23(26(36)32-21-11-7-8-12-21)33(16-19-10-6-5-9-18(19)2)25(35)17-34(39(3,37)38)24-15-20(27(29,30)31)13-14-22(24)28/h5-6,9-10,13-15,21,23H,4,7-8,11-12,16-17H2,1-3H3,(H,32,36)/t23-/m1/s1. The SMILES string of the molecule is CC[C@H](C(=O)NC1CCCC1)N(Cc1ccccc1C)C(=O)CN(c1cc(C(F)(F)F)ccc1Cl)S(C)(=O)=O. The lowest BCUT2D eigenvalue weighted by atomic mass is 10.1. The molecule has 1 N–H and O–H groups in total. The number of halogens is 4. The van der Waals surface area contributed by atoms with Gasteiger partial charge in [-0.25, -0.2) is 8.42 Å². The normalized spacial score (nSPS) is 15.2. The molecular formula is C27H33ClF3N3O4S. The molecule has 1 fully saturated rings. The zero-order valence-corrected chi connectivity index (χ0v) is 23.7. The zero-order chi connectivity index (χ0) is 29.0. The van der Waals surface area contributed by atoms with Crippen molar-refractivity contribution in [3.05, 3.63) is 64.2 Å². The van der Waals surface area contributed by atoms with Crippen molar-refractivity contribution >= 4 is 39.1 Å². The summed E-state index contributed by atoms with van der Waals surface area (Å²) in [6.45, 7) is 2.77. The summed E-state index contributed by atoms with van der Waals surface area (Å²) in [5.74, 6) is -1.10. The molecule has 2 amide bonds. The van der Waals surface area contributed by atoms with Crippen molar-refractivity contribution in [2.24, 2.45) is 0 Å². The number of aryl methyl sites for hydroxylation is 1. The highest BCUT2D eigenvalue weighted by molar-refractivity contribution is 7.92. The molecule has 0 aliphatic heterocycles. The summed E-state index contributed by atoms with van der Waals surface area (Å²) in [6.07, 6.45) is -0.0575. The molecule has 3 rings (SSSR count). The van der Waals surface area contributed by atoms with E-state index in [0.29, 0.717) is 10.4 Å². The van der Waals surface area contributed by atoms with E-state index in [9.17, 15) is 31.2 Å². The third-order valence-electron chi connectivity index (χ3n) is 6.91. The highest BCUT2D eigenvalue weighted by Gasteiger charge is 2.36. The number of alkyl halides is 3. The van der Waals surface area contributed by atoms with Crippen molar-refractivity contribution in [3.63, 3.8) is 0 Å². The Hall–Kier alpha value is -2.79. The number of amides is 2. The van der Waals surface area contributed by atoms with Gasteiger partial charge in [0.2, 0.25) is 21.8 Å². The first-order chi connectivity index (χ1) is 18.2. The second-order valence-corrected chi connectivity index (χ2v) is 12.1. The molecule has 39 heavy (non-hydrogen) atoms. The Kier molecular flexibility index (Phi) is 9.93. The quantitative estimate of drug-likeness (QED) is 0.409.